The predicted octanol–water partition coefficient (Wildman–Crippen LogP) is 6.42. The Labute approximate surface area is 231 Å². The fourth-order valence-corrected chi connectivity index (χ4v) is 5.12. The maximum absolute atomic E-state index is 13.1. The molecule has 1 aromatic heterocycles. The van der Waals surface area contributed by atoms with Crippen molar-refractivity contribution in [3.63, 3.8) is 0 Å². The van der Waals surface area contributed by atoms with Gasteiger partial charge in [0, 0.05) is 10.6 Å². The Hall–Kier alpha value is -3.20. The molecule has 0 saturated heterocycles. The molecule has 0 fully saturated rings. The van der Waals surface area contributed by atoms with E-state index in [-0.39, 0.29) is 0 Å². The van der Waals surface area contributed by atoms with Gasteiger partial charge in [-0.3, -0.25) is 14.4 Å². The van der Waals surface area contributed by atoms with E-state index in [1.165, 1.54) is 24.8 Å². The number of aromatic nitrogens is 2. The second kappa shape index (κ2) is 12.6. The van der Waals surface area contributed by atoms with Gasteiger partial charge in [0.2, 0.25) is 0 Å². The maximum Gasteiger partial charge on any atom is 0.270 e. The van der Waals surface area contributed by atoms with E-state index in [1.54, 1.807) is 42.5 Å². The van der Waals surface area contributed by atoms with E-state index in [2.05, 4.69) is 29.5 Å². The number of anilines is 1. The topological polar surface area (TPSA) is 90.3 Å². The van der Waals surface area contributed by atoms with Crippen LogP contribution in [0.1, 0.15) is 65.5 Å². The molecule has 1 amide bonds. The van der Waals surface area contributed by atoms with Crippen LogP contribution in [0.25, 0.3) is 11.0 Å². The molecule has 9 heteroatoms. The van der Waals surface area contributed by atoms with Crippen molar-refractivity contribution in [1.82, 2.24) is 15.0 Å². The van der Waals surface area contributed by atoms with E-state index in [0.717, 1.165) is 45.2 Å². The van der Waals surface area contributed by atoms with Crippen LogP contribution in [-0.2, 0) is 24.2 Å². The van der Waals surface area contributed by atoms with Crippen LogP contribution in [0.2, 0.25) is 5.02 Å². The van der Waals surface area contributed by atoms with Gasteiger partial charge < -0.3 is 9.12 Å². The fourth-order valence-electron chi connectivity index (χ4n) is 4.41. The van der Waals surface area contributed by atoms with Gasteiger partial charge in [-0.05, 0) is 74.2 Å². The molecule has 4 rings (SSSR count). The van der Waals surface area contributed by atoms with Crippen molar-refractivity contribution in [3.05, 3.63) is 93.8 Å². The van der Waals surface area contributed by atoms with Gasteiger partial charge in [-0.15, -0.1) is 0 Å². The van der Waals surface area contributed by atoms with Crippen molar-refractivity contribution in [2.45, 2.75) is 59.4 Å². The molecule has 0 aliphatic heterocycles. The molecular weight excluding hydrogens is 520 g/mol. The number of amides is 1. The second-order valence-corrected chi connectivity index (χ2v) is 10.7. The molecule has 0 saturated carbocycles. The summed E-state index contributed by atoms with van der Waals surface area (Å²) in [6, 6.07) is 18.2. The molecule has 38 heavy (non-hydrogen) atoms. The van der Waals surface area contributed by atoms with Crippen LogP contribution >= 0.6 is 11.6 Å². The van der Waals surface area contributed by atoms with Crippen molar-refractivity contribution in [2.24, 2.45) is 0 Å². The van der Waals surface area contributed by atoms with Gasteiger partial charge in [0.05, 0.1) is 34.5 Å². The highest BCUT2D eigenvalue weighted by Gasteiger charge is 2.16. The average molecular weight is 552 g/mol. The molecule has 200 valence electrons. The van der Waals surface area contributed by atoms with Crippen LogP contribution in [0, 0.1) is 13.8 Å². The number of hydrazine groups is 1. The van der Waals surface area contributed by atoms with Gasteiger partial charge >= 0.3 is 0 Å². The number of carbonyl (C=O) groups excluding carboxylic acids is 1. The van der Waals surface area contributed by atoms with Gasteiger partial charge in [-0.25, -0.2) is 9.40 Å². The quantitative estimate of drug-likeness (QED) is 0.132. The first-order valence-electron chi connectivity index (χ1n) is 12.8. The molecule has 0 bridgehead atoms. The maximum atomic E-state index is 13.1. The van der Waals surface area contributed by atoms with Crippen molar-refractivity contribution < 1.29 is 13.6 Å². The number of carbonyl (C=O) groups is 1. The van der Waals surface area contributed by atoms with E-state index in [4.69, 9.17) is 11.6 Å². The lowest BCUT2D eigenvalue weighted by Crippen LogP contribution is -2.43. The smallest absolute Gasteiger partial charge is 0.270 e. The predicted molar refractivity (Wildman–Crippen MR) is 153 cm³/mol. The summed E-state index contributed by atoms with van der Waals surface area (Å²) in [6.45, 7) is 6.52. The van der Waals surface area contributed by atoms with Crippen molar-refractivity contribution in [1.29, 1.82) is 0 Å². The first kappa shape index (κ1) is 27.8. The minimum Gasteiger partial charge on any atom is -0.754 e. The highest BCUT2D eigenvalue weighted by atomic mass is 35.5. The lowest BCUT2D eigenvalue weighted by molar-refractivity contribution is 0.0955. The summed E-state index contributed by atoms with van der Waals surface area (Å²) in [6.07, 6.45) is 5.85. The van der Waals surface area contributed by atoms with E-state index < -0.39 is 17.2 Å². The number of hydrogen-bond acceptors (Lipinski definition) is 4. The van der Waals surface area contributed by atoms with Crippen molar-refractivity contribution >= 4 is 45.5 Å². The zero-order valence-corrected chi connectivity index (χ0v) is 23.4. The summed E-state index contributed by atoms with van der Waals surface area (Å²) in [7, 11) is 0. The van der Waals surface area contributed by atoms with E-state index in [0.29, 0.717) is 22.8 Å². The van der Waals surface area contributed by atoms with Gasteiger partial charge in [-0.2, -0.15) is 0 Å². The molecule has 0 aliphatic rings. The highest BCUT2D eigenvalue weighted by molar-refractivity contribution is 7.80. The number of aryl methyl sites for hydroxylation is 3. The van der Waals surface area contributed by atoms with E-state index in [9.17, 15) is 13.6 Å². The minimum atomic E-state index is -2.70. The van der Waals surface area contributed by atoms with Crippen LogP contribution in [0.4, 0.5) is 5.69 Å². The summed E-state index contributed by atoms with van der Waals surface area (Å²) in [4.78, 5) is 17.7. The third-order valence-electron chi connectivity index (χ3n) is 6.59. The largest absolute Gasteiger partial charge is 0.754 e. The monoisotopic (exact) mass is 551 g/mol. The lowest BCUT2D eigenvalue weighted by Gasteiger charge is -2.26. The van der Waals surface area contributed by atoms with Crippen LogP contribution in [-0.4, -0.2) is 24.2 Å². The molecule has 1 heterocycles. The van der Waals surface area contributed by atoms with Crippen molar-refractivity contribution in [3.8, 4) is 0 Å². The van der Waals surface area contributed by atoms with E-state index in [1.807, 2.05) is 24.5 Å². The molecular formula is C29H32ClN4O3S-. The average Bonchev–Trinajstić information content (AvgIpc) is 3.21. The highest BCUT2D eigenvalue weighted by Crippen LogP contribution is 2.25. The Morgan fingerprint density at radius 2 is 1.82 bits per heavy atom. The Bertz CT molecular complexity index is 1450. The molecule has 0 radical (unpaired) electrons. The summed E-state index contributed by atoms with van der Waals surface area (Å²) in [5.41, 5.74) is 7.81. The zero-order valence-electron chi connectivity index (χ0n) is 21.9. The van der Waals surface area contributed by atoms with Gasteiger partial charge in [0.15, 0.2) is 0 Å². The lowest BCUT2D eigenvalue weighted by atomic mass is 10.0. The number of nitrogens with zero attached hydrogens (tertiary/aromatic N) is 3. The molecule has 1 N–H and O–H groups in total. The standard InChI is InChI=1S/C29H33ClN4O3S/c1-4-5-6-7-8-22-11-12-24(26(30)17-22)19-33-21(3)31-27-16-13-23(18-28(27)33)29(35)32-34(38(36)37)25-14-9-20(2)10-15-25/h9-18H,4-8,19H2,1-3H3,(H,32,35)(H,36,37)/p-1. The molecule has 4 aromatic rings. The van der Waals surface area contributed by atoms with Crippen LogP contribution < -0.4 is 9.84 Å². The zero-order chi connectivity index (χ0) is 27.2. The molecule has 3 aromatic carbocycles. The molecule has 7 nitrogen and oxygen atoms in total. The first-order valence-corrected chi connectivity index (χ1v) is 14.2. The first-order chi connectivity index (χ1) is 18.3. The van der Waals surface area contributed by atoms with Gasteiger partial charge in [0.1, 0.15) is 5.82 Å². The Balaban J connectivity index is 1.55. The number of unbranched alkanes of at least 4 members (excludes halogenated alkanes) is 3. The summed E-state index contributed by atoms with van der Waals surface area (Å²) in [5.74, 6) is 0.242. The van der Waals surface area contributed by atoms with Crippen LogP contribution in [0.5, 0.6) is 0 Å². The number of fused-ring (bicyclic) bond motifs is 1. The molecule has 1 unspecified atom stereocenters. The molecule has 0 spiro atoms. The van der Waals surface area contributed by atoms with Crippen molar-refractivity contribution in [2.75, 3.05) is 4.41 Å². The Morgan fingerprint density at radius 3 is 2.50 bits per heavy atom. The number of benzene rings is 3. The van der Waals surface area contributed by atoms with Gasteiger partial charge in [-0.1, -0.05) is 67.6 Å². The SMILES string of the molecule is CCCCCCc1ccc(Cn2c(C)nc3ccc(C(=O)NN(c4ccc(C)cc4)S(=O)[O-])cc32)c(Cl)c1. The number of nitrogens with one attached hydrogen (secondary N) is 1. The third kappa shape index (κ3) is 6.62. The number of rotatable bonds is 11. The number of hydrogen-bond donors (Lipinski definition) is 1. The number of halogens is 1. The van der Waals surface area contributed by atoms with Crippen LogP contribution in [0.3, 0.4) is 0 Å². The third-order valence-corrected chi connectivity index (χ3v) is 7.54. The second-order valence-electron chi connectivity index (χ2n) is 9.47. The Kier molecular flexibility index (Phi) is 9.20. The Morgan fingerprint density at radius 1 is 1.05 bits per heavy atom. The molecule has 0 aliphatic carbocycles. The fraction of sp³-hybridized carbons (Fsp3) is 0.310. The normalized spacial score (nSPS) is 12.0. The minimum absolute atomic E-state index is 0.315. The van der Waals surface area contributed by atoms with Crippen LogP contribution in [0.15, 0.2) is 60.7 Å². The van der Waals surface area contributed by atoms with Gasteiger partial charge in [0.25, 0.3) is 5.91 Å². The molecule has 1 atom stereocenters. The van der Waals surface area contributed by atoms with E-state index >= 15 is 0 Å². The summed E-state index contributed by atoms with van der Waals surface area (Å²) in [5, 5.41) is 0.708. The number of imidazole rings is 1. The summed E-state index contributed by atoms with van der Waals surface area (Å²) < 4.78 is 26.5. The summed E-state index contributed by atoms with van der Waals surface area (Å²) >= 11 is 3.97.